The number of allylic oxidation sites excluding steroid dienone is 1. The Labute approximate surface area is 225 Å². The number of nitrogens with two attached hydrogens (primary N) is 1. The van der Waals surface area contributed by atoms with E-state index in [9.17, 15) is 0 Å². The fourth-order valence-electron chi connectivity index (χ4n) is 4.69. The molecule has 1 fully saturated rings. The predicted octanol–water partition coefficient (Wildman–Crippen LogP) is 4.93. The third-order valence-corrected chi connectivity index (χ3v) is 6.80. The number of hydrogen-bond donors (Lipinski definition) is 3. The van der Waals surface area contributed by atoms with Crippen LogP contribution >= 0.6 is 0 Å². The summed E-state index contributed by atoms with van der Waals surface area (Å²) in [5.41, 5.74) is 12.4. The molecule has 1 aliphatic rings. The maximum absolute atomic E-state index is 6.30. The van der Waals surface area contributed by atoms with Crippen molar-refractivity contribution in [1.82, 2.24) is 15.3 Å². The van der Waals surface area contributed by atoms with E-state index in [2.05, 4.69) is 39.5 Å². The van der Waals surface area contributed by atoms with Crippen molar-refractivity contribution in [2.24, 2.45) is 10.8 Å². The number of H-pyrrole nitrogens is 1. The van der Waals surface area contributed by atoms with Crippen LogP contribution in [0.2, 0.25) is 0 Å². The Kier molecular flexibility index (Phi) is 9.70. The predicted molar refractivity (Wildman–Crippen MR) is 153 cm³/mol. The first-order chi connectivity index (χ1) is 18.6. The monoisotopic (exact) mass is 517 g/mol. The van der Waals surface area contributed by atoms with Gasteiger partial charge in [0.2, 0.25) is 0 Å². The summed E-state index contributed by atoms with van der Waals surface area (Å²) in [6.07, 6.45) is 12.1. The van der Waals surface area contributed by atoms with Crippen molar-refractivity contribution in [3.8, 4) is 11.5 Å². The number of para-hydroxylation sites is 1. The molecule has 0 amide bonds. The molecule has 1 atom stereocenters. The van der Waals surface area contributed by atoms with Crippen LogP contribution < -0.4 is 20.6 Å². The molecule has 8 nitrogen and oxygen atoms in total. The second kappa shape index (κ2) is 13.6. The summed E-state index contributed by atoms with van der Waals surface area (Å²) >= 11 is 0. The van der Waals surface area contributed by atoms with E-state index in [1.165, 1.54) is 19.3 Å². The Balaban J connectivity index is 1.43. The van der Waals surface area contributed by atoms with Gasteiger partial charge in [0.25, 0.3) is 0 Å². The highest BCUT2D eigenvalue weighted by Gasteiger charge is 2.16. The van der Waals surface area contributed by atoms with Crippen molar-refractivity contribution in [3.63, 3.8) is 0 Å². The molecule has 0 bridgehead atoms. The van der Waals surface area contributed by atoms with E-state index >= 15 is 0 Å². The van der Waals surface area contributed by atoms with Gasteiger partial charge in [0.05, 0.1) is 27.0 Å². The van der Waals surface area contributed by atoms with E-state index in [0.29, 0.717) is 23.9 Å². The lowest BCUT2D eigenvalue weighted by Gasteiger charge is -2.30. The summed E-state index contributed by atoms with van der Waals surface area (Å²) in [7, 11) is 3.28. The van der Waals surface area contributed by atoms with Gasteiger partial charge in [-0.05, 0) is 62.7 Å². The summed E-state index contributed by atoms with van der Waals surface area (Å²) < 4.78 is 17.0. The average molecular weight is 518 g/mol. The van der Waals surface area contributed by atoms with Crippen LogP contribution in [0.4, 0.5) is 0 Å². The number of benzene rings is 2. The molecule has 0 spiro atoms. The number of fused-ring (bicyclic) bond motifs is 1. The number of piperidine rings is 1. The number of nitrogens with one attached hydrogen (secondary N) is 2. The minimum Gasteiger partial charge on any atom is -0.493 e. The Morgan fingerprint density at radius 2 is 1.89 bits per heavy atom. The molecule has 1 unspecified atom stereocenters. The van der Waals surface area contributed by atoms with Crippen LogP contribution in [0.15, 0.2) is 77.5 Å². The number of hydrogen-bond acceptors (Lipinski definition) is 7. The molecular formula is C30H39N5O3. The Bertz CT molecular complexity index is 1270. The van der Waals surface area contributed by atoms with E-state index in [1.807, 2.05) is 48.7 Å². The van der Waals surface area contributed by atoms with Crippen molar-refractivity contribution in [3.05, 3.63) is 83.5 Å². The van der Waals surface area contributed by atoms with Gasteiger partial charge in [0.15, 0.2) is 11.5 Å². The number of rotatable bonds is 12. The molecule has 4 rings (SSSR count). The van der Waals surface area contributed by atoms with Crippen LogP contribution in [0.1, 0.15) is 37.3 Å². The number of aromatic amines is 1. The third kappa shape index (κ3) is 7.32. The smallest absolute Gasteiger partial charge is 0.160 e. The highest BCUT2D eigenvalue weighted by atomic mass is 16.5. The first kappa shape index (κ1) is 27.1. The van der Waals surface area contributed by atoms with Crippen LogP contribution in [0.3, 0.4) is 0 Å². The minimum absolute atomic E-state index is 0.241. The second-order valence-corrected chi connectivity index (χ2v) is 9.45. The number of likely N-dealkylation sites (tertiary alicyclic amines) is 1. The lowest BCUT2D eigenvalue weighted by Crippen LogP contribution is -2.36. The largest absolute Gasteiger partial charge is 0.493 e. The summed E-state index contributed by atoms with van der Waals surface area (Å²) in [5, 5.41) is 5.45. The summed E-state index contributed by atoms with van der Waals surface area (Å²) in [4.78, 5) is 5.73. The van der Waals surface area contributed by atoms with Crippen LogP contribution in [0.25, 0.3) is 10.9 Å². The van der Waals surface area contributed by atoms with Gasteiger partial charge >= 0.3 is 0 Å². The highest BCUT2D eigenvalue weighted by Crippen LogP contribution is 2.27. The summed E-state index contributed by atoms with van der Waals surface area (Å²) in [6.45, 7) is 4.90. The summed E-state index contributed by atoms with van der Waals surface area (Å²) in [5.74, 6) is 2.55. The fourth-order valence-corrected chi connectivity index (χ4v) is 4.69. The van der Waals surface area contributed by atoms with Gasteiger partial charge in [-0.15, -0.1) is 0 Å². The Hall–Kier alpha value is -3.91. The number of aromatic nitrogens is 1. The molecule has 0 saturated carbocycles. The van der Waals surface area contributed by atoms with Crippen molar-refractivity contribution in [2.75, 3.05) is 33.9 Å². The molecule has 3 aromatic rings. The van der Waals surface area contributed by atoms with Gasteiger partial charge in [-0.1, -0.05) is 30.7 Å². The van der Waals surface area contributed by atoms with Crippen molar-refractivity contribution in [1.29, 1.82) is 0 Å². The van der Waals surface area contributed by atoms with Crippen LogP contribution in [0, 0.1) is 0 Å². The Morgan fingerprint density at radius 3 is 2.68 bits per heavy atom. The zero-order valence-corrected chi connectivity index (χ0v) is 22.6. The minimum atomic E-state index is 0.241. The Morgan fingerprint density at radius 1 is 1.11 bits per heavy atom. The number of methoxy groups -OCH3 is 2. The van der Waals surface area contributed by atoms with E-state index < -0.39 is 0 Å². The third-order valence-electron chi connectivity index (χ3n) is 6.80. The van der Waals surface area contributed by atoms with Crippen molar-refractivity contribution in [2.45, 2.75) is 38.6 Å². The molecule has 1 aliphatic heterocycles. The molecule has 0 aliphatic carbocycles. The van der Waals surface area contributed by atoms with E-state index in [-0.39, 0.29) is 6.04 Å². The van der Waals surface area contributed by atoms with Crippen molar-refractivity contribution >= 4 is 17.1 Å². The molecule has 4 N–H and O–H groups in total. The van der Waals surface area contributed by atoms with Gasteiger partial charge in [0.1, 0.15) is 11.6 Å². The maximum Gasteiger partial charge on any atom is 0.160 e. The highest BCUT2D eigenvalue weighted by molar-refractivity contribution is 5.98. The molecule has 38 heavy (non-hydrogen) atoms. The SMILES string of the molecule is COc1ccc(CCOC(/C=C(\N)N/N=C/c2c[nH]c3ccccc23)=C/C(C)N2CCCCC2)cc1OC. The van der Waals surface area contributed by atoms with E-state index in [1.54, 1.807) is 20.4 Å². The molecule has 2 aromatic carbocycles. The molecular weight excluding hydrogens is 478 g/mol. The lowest BCUT2D eigenvalue weighted by molar-refractivity contribution is 0.188. The van der Waals surface area contributed by atoms with Gasteiger partial charge in [-0.2, -0.15) is 5.10 Å². The van der Waals surface area contributed by atoms with Crippen LogP contribution in [-0.2, 0) is 11.2 Å². The van der Waals surface area contributed by atoms with Gasteiger partial charge in [-0.25, -0.2) is 0 Å². The molecule has 8 heteroatoms. The molecule has 0 radical (unpaired) electrons. The van der Waals surface area contributed by atoms with E-state index in [0.717, 1.165) is 47.3 Å². The summed E-state index contributed by atoms with van der Waals surface area (Å²) in [6, 6.07) is 14.3. The zero-order chi connectivity index (χ0) is 26.7. The maximum atomic E-state index is 6.30. The van der Waals surface area contributed by atoms with E-state index in [4.69, 9.17) is 19.9 Å². The fraction of sp³-hybridized carbons (Fsp3) is 0.367. The standard InChI is InChI=1S/C30H39N5O3/c1-22(35-14-7-4-8-15-35)17-25(38-16-13-23-11-12-28(36-2)29(18-23)37-3)19-30(31)34-33-21-24-20-32-27-10-6-5-9-26(24)27/h5-6,9-12,17-22,32,34H,4,7-8,13-16,31H2,1-3H3/b25-17+,30-19+,33-21+. The number of nitrogens with zero attached hydrogens (tertiary/aromatic N) is 2. The first-order valence-corrected chi connectivity index (χ1v) is 13.2. The van der Waals surface area contributed by atoms with Gasteiger partial charge in [0, 0.05) is 41.2 Å². The average Bonchev–Trinajstić information content (AvgIpc) is 3.36. The second-order valence-electron chi connectivity index (χ2n) is 9.45. The quantitative estimate of drug-likeness (QED) is 0.136. The lowest BCUT2D eigenvalue weighted by atomic mass is 10.1. The molecule has 1 saturated heterocycles. The number of hydrazone groups is 1. The van der Waals surface area contributed by atoms with Crippen LogP contribution in [-0.4, -0.2) is 56.1 Å². The van der Waals surface area contributed by atoms with Gasteiger partial charge in [-0.3, -0.25) is 10.3 Å². The zero-order valence-electron chi connectivity index (χ0n) is 22.6. The molecule has 2 heterocycles. The normalized spacial score (nSPS) is 16.1. The molecule has 1 aromatic heterocycles. The first-order valence-electron chi connectivity index (χ1n) is 13.2. The van der Waals surface area contributed by atoms with Crippen molar-refractivity contribution < 1.29 is 14.2 Å². The number of ether oxygens (including phenoxy) is 3. The topological polar surface area (TPSA) is 97.1 Å². The van der Waals surface area contributed by atoms with Crippen LogP contribution in [0.5, 0.6) is 11.5 Å². The van der Waals surface area contributed by atoms with Gasteiger partial charge < -0.3 is 24.9 Å². The molecule has 202 valence electrons.